The molecule has 2 aromatic rings. The number of rotatable bonds is 3. The number of nitro groups is 1. The Morgan fingerprint density at radius 3 is 2.75 bits per heavy atom. The maximum absolute atomic E-state index is 11.2. The van der Waals surface area contributed by atoms with Crippen LogP contribution in [-0.2, 0) is 0 Å². The lowest BCUT2D eigenvalue weighted by Gasteiger charge is -2.38. The maximum atomic E-state index is 11.2. The van der Waals surface area contributed by atoms with Gasteiger partial charge in [0.05, 0.1) is 29.8 Å². The molecule has 0 saturated heterocycles. The summed E-state index contributed by atoms with van der Waals surface area (Å²) in [5.74, 6) is 1.05. The molecule has 3 unspecified atom stereocenters. The van der Waals surface area contributed by atoms with Gasteiger partial charge in [-0.25, -0.2) is 0 Å². The number of nitro benzene ring substituents is 1. The number of anilines is 1. The maximum Gasteiger partial charge on any atom is 0.273 e. The number of hydrogen-bond acceptors (Lipinski definition) is 4. The summed E-state index contributed by atoms with van der Waals surface area (Å²) in [7, 11) is 1.55. The Kier molecular flexibility index (Phi) is 3.49. The van der Waals surface area contributed by atoms with Gasteiger partial charge in [0, 0.05) is 12.0 Å². The number of benzene rings is 2. The van der Waals surface area contributed by atoms with Gasteiger partial charge in [-0.1, -0.05) is 42.5 Å². The van der Waals surface area contributed by atoms with E-state index in [4.69, 9.17) is 4.74 Å². The van der Waals surface area contributed by atoms with Crippen molar-refractivity contribution >= 4 is 11.4 Å². The minimum Gasteiger partial charge on any atom is -0.494 e. The van der Waals surface area contributed by atoms with E-state index in [0.29, 0.717) is 11.7 Å². The molecule has 0 aromatic heterocycles. The van der Waals surface area contributed by atoms with Crippen LogP contribution in [0.5, 0.6) is 5.75 Å². The second kappa shape index (κ2) is 5.67. The van der Waals surface area contributed by atoms with Gasteiger partial charge in [0.2, 0.25) is 0 Å². The smallest absolute Gasteiger partial charge is 0.273 e. The molecular weight excluding hydrogens is 304 g/mol. The number of ether oxygens (including phenoxy) is 1. The lowest BCUT2D eigenvalue weighted by atomic mass is 9.76. The van der Waals surface area contributed by atoms with Crippen LogP contribution >= 0.6 is 0 Å². The van der Waals surface area contributed by atoms with Crippen LogP contribution in [-0.4, -0.2) is 12.0 Å². The van der Waals surface area contributed by atoms with E-state index in [0.717, 1.165) is 17.7 Å². The minimum atomic E-state index is -0.361. The molecular formula is C19H18N2O3. The van der Waals surface area contributed by atoms with E-state index in [9.17, 15) is 10.1 Å². The minimum absolute atomic E-state index is 0.0737. The van der Waals surface area contributed by atoms with Crippen molar-refractivity contribution in [1.82, 2.24) is 0 Å². The summed E-state index contributed by atoms with van der Waals surface area (Å²) in [5.41, 5.74) is 3.11. The quantitative estimate of drug-likeness (QED) is 0.516. The van der Waals surface area contributed by atoms with E-state index in [1.165, 1.54) is 11.6 Å². The average Bonchev–Trinajstić information content (AvgIpc) is 3.10. The van der Waals surface area contributed by atoms with E-state index >= 15 is 0 Å². The summed E-state index contributed by atoms with van der Waals surface area (Å²) >= 11 is 0. The molecule has 0 saturated carbocycles. The fourth-order valence-electron chi connectivity index (χ4n) is 3.91. The van der Waals surface area contributed by atoms with E-state index in [1.54, 1.807) is 13.2 Å². The Bertz CT molecular complexity index is 817. The molecule has 0 fully saturated rings. The molecule has 122 valence electrons. The number of methoxy groups -OCH3 is 1. The number of nitrogens with zero attached hydrogens (tertiary/aromatic N) is 1. The Morgan fingerprint density at radius 2 is 2.04 bits per heavy atom. The zero-order chi connectivity index (χ0) is 16.7. The number of hydrogen-bond donors (Lipinski definition) is 1. The fraction of sp³-hybridized carbons (Fsp3) is 0.263. The highest BCUT2D eigenvalue weighted by molar-refractivity contribution is 5.71. The Labute approximate surface area is 140 Å². The first-order valence-electron chi connectivity index (χ1n) is 8.03. The van der Waals surface area contributed by atoms with Gasteiger partial charge >= 0.3 is 0 Å². The molecule has 5 heteroatoms. The van der Waals surface area contributed by atoms with Gasteiger partial charge in [0.15, 0.2) is 0 Å². The van der Waals surface area contributed by atoms with Crippen molar-refractivity contribution in [1.29, 1.82) is 0 Å². The lowest BCUT2D eigenvalue weighted by Crippen LogP contribution is -2.29. The van der Waals surface area contributed by atoms with Crippen LogP contribution in [0.15, 0.2) is 54.6 Å². The second-order valence-electron chi connectivity index (χ2n) is 6.26. The van der Waals surface area contributed by atoms with E-state index in [1.807, 2.05) is 18.2 Å². The van der Waals surface area contributed by atoms with Crippen molar-refractivity contribution in [2.45, 2.75) is 18.4 Å². The fourth-order valence-corrected chi connectivity index (χ4v) is 3.91. The molecule has 0 bridgehead atoms. The van der Waals surface area contributed by atoms with Crippen LogP contribution < -0.4 is 10.1 Å². The van der Waals surface area contributed by atoms with Gasteiger partial charge in [0.25, 0.3) is 5.69 Å². The zero-order valence-electron chi connectivity index (χ0n) is 13.3. The summed E-state index contributed by atoms with van der Waals surface area (Å²) < 4.78 is 5.45. The van der Waals surface area contributed by atoms with Gasteiger partial charge in [-0.3, -0.25) is 10.1 Å². The largest absolute Gasteiger partial charge is 0.494 e. The molecule has 3 atom stereocenters. The van der Waals surface area contributed by atoms with E-state index in [-0.39, 0.29) is 22.6 Å². The molecule has 0 amide bonds. The Hall–Kier alpha value is -2.82. The van der Waals surface area contributed by atoms with Crippen molar-refractivity contribution in [2.24, 2.45) is 5.92 Å². The van der Waals surface area contributed by atoms with Crippen molar-refractivity contribution in [2.75, 3.05) is 12.4 Å². The molecule has 2 aliphatic rings. The number of allylic oxidation sites excluding steroid dienone is 2. The Morgan fingerprint density at radius 1 is 1.25 bits per heavy atom. The van der Waals surface area contributed by atoms with Gasteiger partial charge in [-0.15, -0.1) is 0 Å². The van der Waals surface area contributed by atoms with E-state index < -0.39 is 0 Å². The molecule has 2 aromatic carbocycles. The molecule has 1 heterocycles. The van der Waals surface area contributed by atoms with Crippen molar-refractivity contribution < 1.29 is 9.66 Å². The molecule has 1 aliphatic heterocycles. The third-order valence-corrected chi connectivity index (χ3v) is 5.01. The molecule has 0 spiro atoms. The van der Waals surface area contributed by atoms with Crippen LogP contribution in [0.4, 0.5) is 11.4 Å². The molecule has 24 heavy (non-hydrogen) atoms. The van der Waals surface area contributed by atoms with Crippen LogP contribution in [0.3, 0.4) is 0 Å². The first-order valence-corrected chi connectivity index (χ1v) is 8.03. The number of non-ortho nitro benzene ring substituents is 1. The van der Waals surface area contributed by atoms with Gasteiger partial charge < -0.3 is 10.1 Å². The normalized spacial score (nSPS) is 24.0. The molecule has 1 aliphatic carbocycles. The van der Waals surface area contributed by atoms with Crippen molar-refractivity contribution in [3.8, 4) is 5.75 Å². The van der Waals surface area contributed by atoms with Crippen LogP contribution in [0.2, 0.25) is 0 Å². The van der Waals surface area contributed by atoms with Crippen LogP contribution in [0.1, 0.15) is 29.5 Å². The summed E-state index contributed by atoms with van der Waals surface area (Å²) in [5, 5.41) is 14.8. The highest BCUT2D eigenvalue weighted by Gasteiger charge is 2.40. The average molecular weight is 322 g/mol. The summed E-state index contributed by atoms with van der Waals surface area (Å²) in [4.78, 5) is 10.9. The summed E-state index contributed by atoms with van der Waals surface area (Å²) in [6.45, 7) is 0. The summed E-state index contributed by atoms with van der Waals surface area (Å²) in [6.07, 6.45) is 5.30. The second-order valence-corrected chi connectivity index (χ2v) is 6.26. The van der Waals surface area contributed by atoms with E-state index in [2.05, 4.69) is 29.6 Å². The number of fused-ring (bicyclic) bond motifs is 3. The topological polar surface area (TPSA) is 64.4 Å². The van der Waals surface area contributed by atoms with Gasteiger partial charge in [-0.2, -0.15) is 0 Å². The highest BCUT2D eigenvalue weighted by Crippen LogP contribution is 2.53. The SMILES string of the molecule is COc1cc([N+](=O)[O-])cc2c1NC(c1ccccc1)C1CC=CC21. The first-order chi connectivity index (χ1) is 11.7. The monoisotopic (exact) mass is 322 g/mol. The van der Waals surface area contributed by atoms with Gasteiger partial charge in [0.1, 0.15) is 5.75 Å². The third kappa shape index (κ3) is 2.24. The molecule has 4 rings (SSSR count). The van der Waals surface area contributed by atoms with Crippen molar-refractivity contribution in [3.63, 3.8) is 0 Å². The van der Waals surface area contributed by atoms with Gasteiger partial charge in [-0.05, 0) is 23.5 Å². The molecule has 5 nitrogen and oxygen atoms in total. The number of nitrogens with one attached hydrogen (secondary N) is 1. The standard InChI is InChI=1S/C19H18N2O3/c1-24-17-11-13(21(22)23)10-16-14-8-5-9-15(14)18(20-19(16)17)12-6-3-2-4-7-12/h2-8,10-11,14-15,18,20H,9H2,1H3. The third-order valence-electron chi connectivity index (χ3n) is 5.01. The predicted octanol–water partition coefficient (Wildman–Crippen LogP) is 4.43. The summed E-state index contributed by atoms with van der Waals surface area (Å²) in [6, 6.07) is 13.7. The molecule has 0 radical (unpaired) electrons. The predicted molar refractivity (Wildman–Crippen MR) is 92.4 cm³/mol. The van der Waals surface area contributed by atoms with Crippen LogP contribution in [0, 0.1) is 16.0 Å². The highest BCUT2D eigenvalue weighted by atomic mass is 16.6. The molecule has 1 N–H and O–H groups in total. The zero-order valence-corrected chi connectivity index (χ0v) is 13.3. The lowest BCUT2D eigenvalue weighted by molar-refractivity contribution is -0.385. The Balaban J connectivity index is 1.86. The van der Waals surface area contributed by atoms with Crippen molar-refractivity contribution in [3.05, 3.63) is 75.9 Å². The first kappa shape index (κ1) is 14.8. The van der Waals surface area contributed by atoms with Crippen LogP contribution in [0.25, 0.3) is 0 Å².